The molecule has 0 aliphatic carbocycles. The van der Waals surface area contributed by atoms with E-state index < -0.39 is 9.85 Å². The van der Waals surface area contributed by atoms with Gasteiger partial charge in [0.1, 0.15) is 0 Å². The van der Waals surface area contributed by atoms with Crippen LogP contribution < -0.4 is 9.47 Å². The SMILES string of the molecule is CCCCCCCCCCOc1ccc(C#Cc2ccc(-c3nnc(-c4ccc(C#Cc5ccc(OCCCCCCCCCC)c([N+](=O)[O-])c5)cc4)o3)cc2)cc1[N+](=O)[O-]. The maximum absolute atomic E-state index is 11.8. The molecular weight excluding hydrogens is 769 g/mol. The second kappa shape index (κ2) is 25.2. The quantitative estimate of drug-likeness (QED) is 0.0257. The van der Waals surface area contributed by atoms with Crippen molar-refractivity contribution in [3.63, 3.8) is 0 Å². The molecule has 0 aliphatic rings. The van der Waals surface area contributed by atoms with Crippen molar-refractivity contribution in [2.75, 3.05) is 13.2 Å². The van der Waals surface area contributed by atoms with E-state index in [1.807, 2.05) is 48.5 Å². The Morgan fingerprint density at radius 3 is 1.16 bits per heavy atom. The number of hydrogen-bond acceptors (Lipinski definition) is 9. The molecule has 0 saturated heterocycles. The topological polar surface area (TPSA) is 144 Å². The van der Waals surface area contributed by atoms with Gasteiger partial charge in [-0.25, -0.2) is 0 Å². The van der Waals surface area contributed by atoms with E-state index in [4.69, 9.17) is 13.9 Å². The number of hydrogen-bond donors (Lipinski definition) is 0. The Bertz CT molecular complexity index is 2120. The molecule has 5 rings (SSSR count). The molecular formula is C50H56N4O7. The standard InChI is InChI=1S/C50H56N4O7/c1-3-5-7-9-11-13-15-17-35-59-47-33-27-41(37-45(47)53(55)56)21-19-39-23-29-43(30-24-39)49-51-52-50(61-49)44-31-25-40(26-32-44)20-22-42-28-34-48(46(38-42)54(57)58)60-36-18-16-14-12-10-8-6-4-2/h23-34,37-38H,3-18,35-36H2,1-2H3. The average molecular weight is 825 g/mol. The van der Waals surface area contributed by atoms with E-state index in [2.05, 4.69) is 47.7 Å². The number of nitro benzene ring substituents is 2. The normalized spacial score (nSPS) is 10.7. The third-order valence-corrected chi connectivity index (χ3v) is 10.2. The highest BCUT2D eigenvalue weighted by atomic mass is 16.6. The minimum absolute atomic E-state index is 0.0965. The van der Waals surface area contributed by atoms with Gasteiger partial charge in [-0.2, -0.15) is 0 Å². The van der Waals surface area contributed by atoms with Crippen LogP contribution >= 0.6 is 0 Å². The van der Waals surface area contributed by atoms with E-state index in [1.165, 1.54) is 76.3 Å². The predicted molar refractivity (Wildman–Crippen MR) is 240 cm³/mol. The second-order valence-corrected chi connectivity index (χ2v) is 15.1. The van der Waals surface area contributed by atoms with Gasteiger partial charge < -0.3 is 13.9 Å². The molecule has 0 unspecified atom stereocenters. The fourth-order valence-corrected chi connectivity index (χ4v) is 6.69. The van der Waals surface area contributed by atoms with Crippen LogP contribution in [0.5, 0.6) is 11.5 Å². The summed E-state index contributed by atoms with van der Waals surface area (Å²) in [5.41, 5.74) is 3.68. The summed E-state index contributed by atoms with van der Waals surface area (Å²) in [4.78, 5) is 22.7. The molecule has 4 aromatic carbocycles. The van der Waals surface area contributed by atoms with Gasteiger partial charge in [-0.1, -0.05) is 127 Å². The monoisotopic (exact) mass is 824 g/mol. The van der Waals surface area contributed by atoms with Gasteiger partial charge in [0, 0.05) is 45.5 Å². The first-order valence-corrected chi connectivity index (χ1v) is 21.8. The van der Waals surface area contributed by atoms with Gasteiger partial charge in [-0.3, -0.25) is 20.2 Å². The maximum Gasteiger partial charge on any atom is 0.312 e. The molecule has 5 aromatic rings. The fourth-order valence-electron chi connectivity index (χ4n) is 6.69. The molecule has 0 N–H and O–H groups in total. The van der Waals surface area contributed by atoms with Crippen molar-refractivity contribution in [2.24, 2.45) is 0 Å². The third kappa shape index (κ3) is 15.3. The first kappa shape index (κ1) is 45.6. The summed E-state index contributed by atoms with van der Waals surface area (Å²) in [6.45, 7) is 5.31. The lowest BCUT2D eigenvalue weighted by Crippen LogP contribution is -2.01. The fraction of sp³-hybridized carbons (Fsp3) is 0.400. The number of rotatable bonds is 24. The molecule has 1 heterocycles. The van der Waals surface area contributed by atoms with E-state index in [0.29, 0.717) is 58.4 Å². The van der Waals surface area contributed by atoms with Crippen LogP contribution in [0.4, 0.5) is 11.4 Å². The number of nitrogens with zero attached hydrogens (tertiary/aromatic N) is 4. The van der Waals surface area contributed by atoms with Crippen LogP contribution in [-0.2, 0) is 0 Å². The Morgan fingerprint density at radius 1 is 0.475 bits per heavy atom. The van der Waals surface area contributed by atoms with Crippen molar-refractivity contribution >= 4 is 11.4 Å². The van der Waals surface area contributed by atoms with Gasteiger partial charge in [0.25, 0.3) is 0 Å². The Labute approximate surface area is 359 Å². The van der Waals surface area contributed by atoms with Gasteiger partial charge >= 0.3 is 11.4 Å². The number of unbranched alkanes of at least 4 members (excludes halogenated alkanes) is 14. The van der Waals surface area contributed by atoms with Crippen molar-refractivity contribution in [3.05, 3.63) is 127 Å². The summed E-state index contributed by atoms with van der Waals surface area (Å²) in [6.07, 6.45) is 18.7. The number of ether oxygens (including phenoxy) is 2. The molecule has 11 heteroatoms. The van der Waals surface area contributed by atoms with Gasteiger partial charge in [-0.15, -0.1) is 10.2 Å². The molecule has 11 nitrogen and oxygen atoms in total. The highest BCUT2D eigenvalue weighted by molar-refractivity contribution is 5.61. The Kier molecular flexibility index (Phi) is 18.9. The molecule has 0 saturated carbocycles. The van der Waals surface area contributed by atoms with Crippen molar-refractivity contribution < 1.29 is 23.7 Å². The van der Waals surface area contributed by atoms with Gasteiger partial charge in [0.05, 0.1) is 23.1 Å². The minimum atomic E-state index is -0.434. The molecule has 0 aliphatic heterocycles. The molecule has 0 amide bonds. The van der Waals surface area contributed by atoms with E-state index in [1.54, 1.807) is 24.3 Å². The zero-order valence-electron chi connectivity index (χ0n) is 35.5. The van der Waals surface area contributed by atoms with E-state index >= 15 is 0 Å². The number of aromatic nitrogens is 2. The lowest BCUT2D eigenvalue weighted by Gasteiger charge is -2.07. The molecule has 61 heavy (non-hydrogen) atoms. The Hall–Kier alpha value is -6.46. The summed E-state index contributed by atoms with van der Waals surface area (Å²) in [7, 11) is 0. The first-order valence-electron chi connectivity index (χ1n) is 21.8. The van der Waals surface area contributed by atoms with Crippen LogP contribution in [0.15, 0.2) is 89.3 Å². The van der Waals surface area contributed by atoms with Crippen LogP contribution in [0.1, 0.15) is 139 Å². The summed E-state index contributed by atoms with van der Waals surface area (Å²) in [6, 6.07) is 24.2. The van der Waals surface area contributed by atoms with Gasteiger partial charge in [0.15, 0.2) is 11.5 Å². The molecule has 0 atom stereocenters. The van der Waals surface area contributed by atoms with Crippen molar-refractivity contribution in [2.45, 2.75) is 117 Å². The lowest BCUT2D eigenvalue weighted by molar-refractivity contribution is -0.386. The average Bonchev–Trinajstić information content (AvgIpc) is 3.78. The molecule has 318 valence electrons. The molecule has 0 fully saturated rings. The third-order valence-electron chi connectivity index (χ3n) is 10.2. The van der Waals surface area contributed by atoms with E-state index in [-0.39, 0.29) is 22.9 Å². The van der Waals surface area contributed by atoms with E-state index in [9.17, 15) is 20.2 Å². The summed E-state index contributed by atoms with van der Waals surface area (Å²) in [5.74, 6) is 13.4. The molecule has 0 bridgehead atoms. The highest BCUT2D eigenvalue weighted by Crippen LogP contribution is 2.30. The number of benzene rings is 4. The highest BCUT2D eigenvalue weighted by Gasteiger charge is 2.17. The lowest BCUT2D eigenvalue weighted by atomic mass is 10.1. The van der Waals surface area contributed by atoms with Crippen LogP contribution in [0.3, 0.4) is 0 Å². The largest absolute Gasteiger partial charge is 0.487 e. The smallest absolute Gasteiger partial charge is 0.312 e. The zero-order valence-corrected chi connectivity index (χ0v) is 35.5. The summed E-state index contributed by atoms with van der Waals surface area (Å²) >= 11 is 0. The second-order valence-electron chi connectivity index (χ2n) is 15.1. The predicted octanol–water partition coefficient (Wildman–Crippen LogP) is 13.1. The van der Waals surface area contributed by atoms with Crippen LogP contribution in [0.2, 0.25) is 0 Å². The van der Waals surface area contributed by atoms with Crippen LogP contribution in [-0.4, -0.2) is 33.3 Å². The van der Waals surface area contributed by atoms with Crippen molar-refractivity contribution in [1.82, 2.24) is 10.2 Å². The molecule has 0 spiro atoms. The summed E-state index contributed by atoms with van der Waals surface area (Å²) in [5, 5.41) is 32.0. The first-order chi connectivity index (χ1) is 29.8. The Morgan fingerprint density at radius 2 is 0.803 bits per heavy atom. The van der Waals surface area contributed by atoms with Gasteiger partial charge in [-0.05, 0) is 85.6 Å². The van der Waals surface area contributed by atoms with Crippen molar-refractivity contribution in [3.8, 4) is 58.1 Å². The zero-order chi connectivity index (χ0) is 43.1. The number of nitro groups is 2. The minimum Gasteiger partial charge on any atom is -0.487 e. The molecule has 0 radical (unpaired) electrons. The van der Waals surface area contributed by atoms with Crippen LogP contribution in [0.25, 0.3) is 22.9 Å². The maximum atomic E-state index is 11.8. The molecule has 1 aromatic heterocycles. The van der Waals surface area contributed by atoms with E-state index in [0.717, 1.165) is 38.5 Å². The van der Waals surface area contributed by atoms with Crippen molar-refractivity contribution in [1.29, 1.82) is 0 Å². The van der Waals surface area contributed by atoms with Crippen LogP contribution in [0, 0.1) is 43.9 Å². The summed E-state index contributed by atoms with van der Waals surface area (Å²) < 4.78 is 17.5. The Balaban J connectivity index is 1.11. The van der Waals surface area contributed by atoms with Gasteiger partial charge in [0.2, 0.25) is 11.8 Å².